The van der Waals surface area contributed by atoms with Gasteiger partial charge in [-0.15, -0.1) is 0 Å². The Balaban J connectivity index is 1.64. The van der Waals surface area contributed by atoms with Crippen LogP contribution in [0.3, 0.4) is 0 Å². The highest BCUT2D eigenvalue weighted by Crippen LogP contribution is 2.27. The molecule has 1 aromatic carbocycles. The zero-order valence-electron chi connectivity index (χ0n) is 15.2. The van der Waals surface area contributed by atoms with Gasteiger partial charge in [-0.25, -0.2) is 4.68 Å². The van der Waals surface area contributed by atoms with Crippen molar-refractivity contribution in [3.05, 3.63) is 47.1 Å². The van der Waals surface area contributed by atoms with Gasteiger partial charge in [0.25, 0.3) is 5.91 Å². The van der Waals surface area contributed by atoms with Crippen molar-refractivity contribution in [2.45, 2.75) is 31.8 Å². The predicted molar refractivity (Wildman–Crippen MR) is 109 cm³/mol. The highest BCUT2D eigenvalue weighted by atomic mass is 35.5. The molecule has 0 spiro atoms. The summed E-state index contributed by atoms with van der Waals surface area (Å²) in [4.78, 5) is 15.1. The van der Waals surface area contributed by atoms with Crippen LogP contribution in [0.4, 0.5) is 5.82 Å². The van der Waals surface area contributed by atoms with Gasteiger partial charge in [-0.3, -0.25) is 9.69 Å². The molecule has 1 aliphatic rings. The van der Waals surface area contributed by atoms with E-state index in [1.165, 1.54) is 0 Å². The van der Waals surface area contributed by atoms with E-state index in [4.69, 9.17) is 11.6 Å². The SMILES string of the molecule is CSC[C@H](C)N1CCC(n2nccc2NC(=O)c2ccccc2Cl)CC1. The van der Waals surface area contributed by atoms with Gasteiger partial charge in [0.05, 0.1) is 22.8 Å². The number of carbonyl (C=O) groups is 1. The molecule has 0 saturated carbocycles. The lowest BCUT2D eigenvalue weighted by Crippen LogP contribution is -2.41. The molecule has 1 fully saturated rings. The van der Waals surface area contributed by atoms with Crippen LogP contribution in [0, 0.1) is 0 Å². The molecule has 1 amide bonds. The normalized spacial score (nSPS) is 17.2. The van der Waals surface area contributed by atoms with E-state index in [0.717, 1.165) is 37.5 Å². The van der Waals surface area contributed by atoms with Gasteiger partial charge in [0.2, 0.25) is 0 Å². The van der Waals surface area contributed by atoms with Gasteiger partial charge in [0.1, 0.15) is 5.82 Å². The number of anilines is 1. The van der Waals surface area contributed by atoms with E-state index >= 15 is 0 Å². The van der Waals surface area contributed by atoms with Gasteiger partial charge in [-0.05, 0) is 38.2 Å². The van der Waals surface area contributed by atoms with E-state index in [-0.39, 0.29) is 5.91 Å². The Bertz CT molecular complexity index is 743. The number of hydrogen-bond donors (Lipinski definition) is 1. The standard InChI is InChI=1S/C19H25ClN4OS/c1-14(13-26-2)23-11-8-15(9-12-23)24-18(7-10-21-24)22-19(25)16-5-3-4-6-17(16)20/h3-7,10,14-15H,8-9,11-13H2,1-2H3,(H,22,25)/t14-/m0/s1. The molecule has 1 N–H and O–H groups in total. The number of rotatable bonds is 6. The monoisotopic (exact) mass is 392 g/mol. The average Bonchev–Trinajstić information content (AvgIpc) is 3.10. The maximum atomic E-state index is 12.5. The molecule has 7 heteroatoms. The second-order valence-corrected chi connectivity index (χ2v) is 7.98. The van der Waals surface area contributed by atoms with Crippen LogP contribution in [-0.2, 0) is 0 Å². The quantitative estimate of drug-likeness (QED) is 0.801. The molecule has 1 aromatic heterocycles. The van der Waals surface area contributed by atoms with Crippen molar-refractivity contribution in [1.29, 1.82) is 0 Å². The Morgan fingerprint density at radius 2 is 2.08 bits per heavy atom. The summed E-state index contributed by atoms with van der Waals surface area (Å²) in [7, 11) is 0. The van der Waals surface area contributed by atoms with Gasteiger partial charge in [-0.1, -0.05) is 23.7 Å². The maximum Gasteiger partial charge on any atom is 0.258 e. The van der Waals surface area contributed by atoms with Crippen LogP contribution in [0.5, 0.6) is 0 Å². The molecule has 0 radical (unpaired) electrons. The number of hydrogen-bond acceptors (Lipinski definition) is 4. The van der Waals surface area contributed by atoms with Gasteiger partial charge in [-0.2, -0.15) is 16.9 Å². The molecule has 2 heterocycles. The number of aromatic nitrogens is 2. The van der Waals surface area contributed by atoms with Gasteiger partial charge >= 0.3 is 0 Å². The third-order valence-electron chi connectivity index (χ3n) is 4.91. The Kier molecular flexibility index (Phi) is 6.62. The molecular formula is C19H25ClN4OS. The van der Waals surface area contributed by atoms with E-state index in [2.05, 4.69) is 28.5 Å². The number of nitrogens with one attached hydrogen (secondary N) is 1. The summed E-state index contributed by atoms with van der Waals surface area (Å²) in [5.74, 6) is 1.68. The van der Waals surface area contributed by atoms with E-state index in [0.29, 0.717) is 22.7 Å². The Morgan fingerprint density at radius 3 is 2.77 bits per heavy atom. The summed E-state index contributed by atoms with van der Waals surface area (Å²) >= 11 is 8.02. The smallest absolute Gasteiger partial charge is 0.258 e. The number of benzene rings is 1. The first-order chi connectivity index (χ1) is 12.6. The number of halogens is 1. The molecule has 140 valence electrons. The molecule has 3 rings (SSSR count). The summed E-state index contributed by atoms with van der Waals surface area (Å²) in [5, 5.41) is 7.87. The summed E-state index contributed by atoms with van der Waals surface area (Å²) in [5.41, 5.74) is 0.475. The number of thioether (sulfide) groups is 1. The van der Waals surface area contributed by atoms with Crippen molar-refractivity contribution in [2.24, 2.45) is 0 Å². The fraction of sp³-hybridized carbons (Fsp3) is 0.474. The first-order valence-electron chi connectivity index (χ1n) is 8.92. The molecule has 1 saturated heterocycles. The largest absolute Gasteiger partial charge is 0.307 e. The summed E-state index contributed by atoms with van der Waals surface area (Å²) in [6, 6.07) is 9.83. The minimum absolute atomic E-state index is 0.205. The molecule has 0 unspecified atom stereocenters. The fourth-order valence-electron chi connectivity index (χ4n) is 3.45. The van der Waals surface area contributed by atoms with E-state index in [9.17, 15) is 4.79 Å². The van der Waals surface area contributed by atoms with Crippen molar-refractivity contribution in [3.8, 4) is 0 Å². The average molecular weight is 393 g/mol. The molecule has 5 nitrogen and oxygen atoms in total. The number of nitrogens with zero attached hydrogens (tertiary/aromatic N) is 3. The van der Waals surface area contributed by atoms with Crippen molar-refractivity contribution < 1.29 is 4.79 Å². The van der Waals surface area contributed by atoms with E-state index in [1.807, 2.05) is 34.6 Å². The van der Waals surface area contributed by atoms with Crippen LogP contribution in [-0.4, -0.2) is 51.7 Å². The summed E-state index contributed by atoms with van der Waals surface area (Å²) in [6.07, 6.45) is 5.97. The lowest BCUT2D eigenvalue weighted by atomic mass is 10.0. The van der Waals surface area contributed by atoms with Crippen molar-refractivity contribution in [3.63, 3.8) is 0 Å². The molecule has 26 heavy (non-hydrogen) atoms. The lowest BCUT2D eigenvalue weighted by molar-refractivity contribution is 0.102. The Morgan fingerprint density at radius 1 is 1.35 bits per heavy atom. The molecule has 0 aliphatic carbocycles. The highest BCUT2D eigenvalue weighted by molar-refractivity contribution is 7.98. The molecule has 0 bridgehead atoms. The molecule has 2 aromatic rings. The number of likely N-dealkylation sites (tertiary alicyclic amines) is 1. The molecule has 1 atom stereocenters. The first-order valence-corrected chi connectivity index (χ1v) is 10.7. The maximum absolute atomic E-state index is 12.5. The summed E-state index contributed by atoms with van der Waals surface area (Å²) < 4.78 is 1.95. The summed E-state index contributed by atoms with van der Waals surface area (Å²) in [6.45, 7) is 4.41. The number of amides is 1. The number of carbonyl (C=O) groups excluding carboxylic acids is 1. The van der Waals surface area contributed by atoms with E-state index in [1.54, 1.807) is 18.3 Å². The van der Waals surface area contributed by atoms with Crippen LogP contribution < -0.4 is 5.32 Å². The fourth-order valence-corrected chi connectivity index (χ4v) is 4.37. The van der Waals surface area contributed by atoms with Gasteiger partial charge in [0, 0.05) is 31.0 Å². The minimum atomic E-state index is -0.205. The topological polar surface area (TPSA) is 50.2 Å². The first kappa shape index (κ1) is 19.3. The Labute approximate surface area is 164 Å². The second kappa shape index (κ2) is 8.93. The number of piperidine rings is 1. The zero-order chi connectivity index (χ0) is 18.5. The third-order valence-corrected chi connectivity index (χ3v) is 6.05. The third kappa shape index (κ3) is 4.42. The predicted octanol–water partition coefficient (Wildman–Crippen LogP) is 4.18. The lowest BCUT2D eigenvalue weighted by Gasteiger charge is -2.36. The zero-order valence-corrected chi connectivity index (χ0v) is 16.8. The van der Waals surface area contributed by atoms with E-state index < -0.39 is 0 Å². The molecule has 1 aliphatic heterocycles. The van der Waals surface area contributed by atoms with Crippen molar-refractivity contribution in [1.82, 2.24) is 14.7 Å². The van der Waals surface area contributed by atoms with Gasteiger partial charge < -0.3 is 5.32 Å². The van der Waals surface area contributed by atoms with Crippen molar-refractivity contribution >= 4 is 35.1 Å². The van der Waals surface area contributed by atoms with Crippen LogP contribution in [0.15, 0.2) is 36.5 Å². The van der Waals surface area contributed by atoms with Crippen LogP contribution in [0.1, 0.15) is 36.2 Å². The van der Waals surface area contributed by atoms with Crippen molar-refractivity contribution in [2.75, 3.05) is 30.4 Å². The van der Waals surface area contributed by atoms with Crippen LogP contribution in [0.25, 0.3) is 0 Å². The van der Waals surface area contributed by atoms with Gasteiger partial charge in [0.15, 0.2) is 0 Å². The molecular weight excluding hydrogens is 368 g/mol. The minimum Gasteiger partial charge on any atom is -0.307 e. The second-order valence-electron chi connectivity index (χ2n) is 6.67. The van der Waals surface area contributed by atoms with Crippen LogP contribution in [0.2, 0.25) is 5.02 Å². The highest BCUT2D eigenvalue weighted by Gasteiger charge is 2.25. The Hall–Kier alpha value is -1.50. The van der Waals surface area contributed by atoms with Crippen LogP contribution >= 0.6 is 23.4 Å².